The summed E-state index contributed by atoms with van der Waals surface area (Å²) in [7, 11) is -0.283. The Kier molecular flexibility index (Phi) is 9.83. The van der Waals surface area contributed by atoms with Crippen molar-refractivity contribution in [3.8, 4) is 0 Å². The maximum atomic E-state index is 11.4. The Bertz CT molecular complexity index is 757. The average molecular weight is 518 g/mol. The maximum absolute atomic E-state index is 11.4. The number of carbonyl (C=O) groups excluding carboxylic acids is 1. The first-order valence-corrected chi connectivity index (χ1v) is 11.9. The number of esters is 1. The smallest absolute Gasteiger partial charge is 0.305 e. The molecule has 3 aromatic rings. The zero-order valence-electron chi connectivity index (χ0n) is 16.8. The molecule has 0 heterocycles. The van der Waals surface area contributed by atoms with Gasteiger partial charge in [-0.05, 0) is 55.7 Å². The van der Waals surface area contributed by atoms with Gasteiger partial charge in [-0.3, -0.25) is 4.79 Å². The van der Waals surface area contributed by atoms with E-state index < -0.39 is 7.26 Å². The second kappa shape index (κ2) is 12.1. The van der Waals surface area contributed by atoms with Gasteiger partial charge in [-0.25, -0.2) is 0 Å². The third-order valence-corrected chi connectivity index (χ3v) is 9.72. The van der Waals surface area contributed by atoms with Crippen LogP contribution in [0.25, 0.3) is 0 Å². The minimum Gasteiger partial charge on any atom is -1.00 e. The molecule has 0 amide bonds. The van der Waals surface area contributed by atoms with Crippen LogP contribution in [0.2, 0.25) is 0 Å². The van der Waals surface area contributed by atoms with E-state index in [4.69, 9.17) is 4.74 Å². The van der Waals surface area contributed by atoms with Crippen molar-refractivity contribution in [1.29, 1.82) is 0 Å². The normalized spacial score (nSPS) is 10.8. The number of unbranched alkanes of at least 4 members (excludes halogenated alkanes) is 2. The van der Waals surface area contributed by atoms with Crippen LogP contribution in [0.1, 0.15) is 25.7 Å². The van der Waals surface area contributed by atoms with Gasteiger partial charge in [0.25, 0.3) is 0 Å². The Morgan fingerprint density at radius 1 is 0.690 bits per heavy atom. The lowest BCUT2D eigenvalue weighted by Crippen LogP contribution is -3.00. The van der Waals surface area contributed by atoms with Crippen LogP contribution in [0, 0.1) is 0 Å². The van der Waals surface area contributed by atoms with Gasteiger partial charge < -0.3 is 28.7 Å². The van der Waals surface area contributed by atoms with Gasteiger partial charge >= 0.3 is 5.97 Å². The fraction of sp³-hybridized carbons (Fsp3) is 0.240. The fourth-order valence-corrected chi connectivity index (χ4v) is 8.19. The van der Waals surface area contributed by atoms with E-state index in [1.807, 2.05) is 0 Å². The van der Waals surface area contributed by atoms with Crippen molar-refractivity contribution in [2.45, 2.75) is 25.7 Å². The molecule has 0 atom stereocenters. The second-order valence-electron chi connectivity index (χ2n) is 6.93. The van der Waals surface area contributed by atoms with E-state index >= 15 is 0 Å². The van der Waals surface area contributed by atoms with Crippen molar-refractivity contribution in [1.82, 2.24) is 0 Å². The van der Waals surface area contributed by atoms with E-state index in [9.17, 15) is 4.79 Å². The van der Waals surface area contributed by atoms with E-state index in [1.165, 1.54) is 23.0 Å². The van der Waals surface area contributed by atoms with E-state index in [0.29, 0.717) is 6.42 Å². The highest BCUT2D eigenvalue weighted by Gasteiger charge is 2.44. The molecule has 3 aromatic carbocycles. The lowest BCUT2D eigenvalue weighted by molar-refractivity contribution is -0.140. The predicted octanol–water partition coefficient (Wildman–Crippen LogP) is 1.72. The molecule has 0 saturated heterocycles. The number of benzene rings is 3. The molecule has 0 aliphatic rings. The minimum absolute atomic E-state index is 0. The molecule has 29 heavy (non-hydrogen) atoms. The average Bonchev–Trinajstić information content (AvgIpc) is 2.78. The van der Waals surface area contributed by atoms with Crippen LogP contribution in [0.15, 0.2) is 91.0 Å². The van der Waals surface area contributed by atoms with Gasteiger partial charge in [-0.2, -0.15) is 0 Å². The summed E-state index contributed by atoms with van der Waals surface area (Å²) >= 11 is 0. The van der Waals surface area contributed by atoms with Crippen LogP contribution in [0.4, 0.5) is 0 Å². The standard InChI is InChI=1S/C25H28O2P.HI/c1-27-25(26)20-12-5-13-21-28(22-14-6-2-7-15-22,23-16-8-3-9-17-23)24-18-10-4-11-19-24;/h2-4,6-11,14-19H,5,12-13,20-21H2,1H3;1H/q+1;/p-1. The molecule has 152 valence electrons. The van der Waals surface area contributed by atoms with Crippen molar-refractivity contribution in [2.75, 3.05) is 13.3 Å². The Morgan fingerprint density at radius 3 is 1.48 bits per heavy atom. The number of halogens is 1. The van der Waals surface area contributed by atoms with Crippen LogP contribution in [-0.2, 0) is 9.53 Å². The largest absolute Gasteiger partial charge is 1.00 e. The first kappa shape index (κ1) is 23.6. The summed E-state index contributed by atoms with van der Waals surface area (Å²) in [6.45, 7) is 0. The maximum Gasteiger partial charge on any atom is 0.305 e. The monoisotopic (exact) mass is 518 g/mol. The lowest BCUT2D eigenvalue weighted by atomic mass is 10.2. The highest BCUT2D eigenvalue weighted by Crippen LogP contribution is 2.55. The Labute approximate surface area is 192 Å². The topological polar surface area (TPSA) is 26.3 Å². The molecular weight excluding hydrogens is 490 g/mol. The number of rotatable bonds is 9. The fourth-order valence-electron chi connectivity index (χ4n) is 3.78. The third-order valence-electron chi connectivity index (χ3n) is 5.19. The molecule has 0 fully saturated rings. The van der Waals surface area contributed by atoms with Crippen LogP contribution < -0.4 is 39.9 Å². The van der Waals surface area contributed by atoms with Crippen LogP contribution in [-0.4, -0.2) is 19.2 Å². The first-order chi connectivity index (χ1) is 13.8. The summed E-state index contributed by atoms with van der Waals surface area (Å²) in [4.78, 5) is 11.4. The highest BCUT2D eigenvalue weighted by molar-refractivity contribution is 7.95. The van der Waals surface area contributed by atoms with Gasteiger partial charge in [0, 0.05) is 6.42 Å². The van der Waals surface area contributed by atoms with E-state index in [0.717, 1.165) is 25.4 Å². The Balaban J connectivity index is 0.00000300. The quantitative estimate of drug-likeness (QED) is 0.187. The number of ether oxygens (including phenoxy) is 1. The second-order valence-corrected chi connectivity index (χ2v) is 10.5. The first-order valence-electron chi connectivity index (χ1n) is 9.89. The summed E-state index contributed by atoms with van der Waals surface area (Å²) < 4.78 is 4.77. The molecule has 2 nitrogen and oxygen atoms in total. The molecule has 0 radical (unpaired) electrons. The molecular formula is C25H28IO2P. The van der Waals surface area contributed by atoms with E-state index in [2.05, 4.69) is 91.0 Å². The molecule has 0 unspecified atom stereocenters. The van der Waals surface area contributed by atoms with Crippen molar-refractivity contribution in [3.05, 3.63) is 91.0 Å². The van der Waals surface area contributed by atoms with E-state index in [1.54, 1.807) is 0 Å². The van der Waals surface area contributed by atoms with Gasteiger partial charge in [-0.1, -0.05) is 54.6 Å². The molecule has 4 heteroatoms. The van der Waals surface area contributed by atoms with E-state index in [-0.39, 0.29) is 29.9 Å². The van der Waals surface area contributed by atoms with Crippen molar-refractivity contribution in [3.63, 3.8) is 0 Å². The summed E-state index contributed by atoms with van der Waals surface area (Å²) in [5.41, 5.74) is 0. The van der Waals surface area contributed by atoms with Crippen molar-refractivity contribution < 1.29 is 33.5 Å². The van der Waals surface area contributed by atoms with Crippen LogP contribution in [0.5, 0.6) is 0 Å². The third kappa shape index (κ3) is 5.90. The molecule has 0 aliphatic heterocycles. The van der Waals surface area contributed by atoms with Crippen LogP contribution >= 0.6 is 7.26 Å². The van der Waals surface area contributed by atoms with Gasteiger partial charge in [0.1, 0.15) is 23.2 Å². The van der Waals surface area contributed by atoms with Gasteiger partial charge in [0.15, 0.2) is 0 Å². The predicted molar refractivity (Wildman–Crippen MR) is 120 cm³/mol. The molecule has 0 N–H and O–H groups in total. The summed E-state index contributed by atoms with van der Waals surface area (Å²) in [6.07, 6.45) is 4.61. The zero-order valence-corrected chi connectivity index (χ0v) is 19.9. The number of hydrogen-bond donors (Lipinski definition) is 0. The molecule has 0 aliphatic carbocycles. The number of carbonyl (C=O) groups is 1. The molecule has 0 spiro atoms. The van der Waals surface area contributed by atoms with Crippen LogP contribution in [0.3, 0.4) is 0 Å². The lowest BCUT2D eigenvalue weighted by Gasteiger charge is -2.27. The summed E-state index contributed by atoms with van der Waals surface area (Å²) in [5.74, 6) is -0.116. The number of hydrogen-bond acceptors (Lipinski definition) is 2. The van der Waals surface area contributed by atoms with Gasteiger partial charge in [0.05, 0.1) is 13.3 Å². The van der Waals surface area contributed by atoms with Crippen molar-refractivity contribution in [2.24, 2.45) is 0 Å². The van der Waals surface area contributed by atoms with Gasteiger partial charge in [-0.15, -0.1) is 0 Å². The van der Waals surface area contributed by atoms with Crippen molar-refractivity contribution >= 4 is 29.1 Å². The zero-order chi connectivity index (χ0) is 19.7. The summed E-state index contributed by atoms with van der Waals surface area (Å²) in [5, 5.41) is 4.25. The molecule has 0 bridgehead atoms. The number of methoxy groups -OCH3 is 1. The molecule has 3 rings (SSSR count). The SMILES string of the molecule is COC(=O)CCCCC[P+](c1ccccc1)(c1ccccc1)c1ccccc1.[I-]. The Morgan fingerprint density at radius 2 is 1.10 bits per heavy atom. The van der Waals surface area contributed by atoms with Gasteiger partial charge in [0.2, 0.25) is 0 Å². The summed E-state index contributed by atoms with van der Waals surface area (Å²) in [6, 6.07) is 32.8. The Hall–Kier alpha value is -1.71. The highest BCUT2D eigenvalue weighted by atomic mass is 127. The molecule has 0 aromatic heterocycles. The minimum atomic E-state index is -1.74. The molecule has 0 saturated carbocycles.